The zero-order valence-electron chi connectivity index (χ0n) is 13.0. The normalized spacial score (nSPS) is 16.9. The Morgan fingerprint density at radius 2 is 1.77 bits per heavy atom. The van der Waals surface area contributed by atoms with Crippen LogP contribution >= 0.6 is 0 Å². The molecule has 3 heteroatoms. The van der Waals surface area contributed by atoms with Gasteiger partial charge in [0.05, 0.1) is 11.3 Å². The quantitative estimate of drug-likeness (QED) is 0.852. The minimum Gasteiger partial charge on any atom is -0.297 e. The number of rotatable bonds is 3. The molecule has 0 saturated carbocycles. The average Bonchev–Trinajstić information content (AvgIpc) is 2.62. The van der Waals surface area contributed by atoms with Gasteiger partial charge in [-0.25, -0.2) is 0 Å². The van der Waals surface area contributed by atoms with E-state index in [1.807, 2.05) is 12.1 Å². The number of hydrogen-bond acceptors (Lipinski definition) is 3. The number of hydrogen-bond donors (Lipinski definition) is 0. The van der Waals surface area contributed by atoms with Crippen molar-refractivity contribution < 1.29 is 0 Å². The van der Waals surface area contributed by atoms with E-state index in [1.54, 1.807) is 6.20 Å². The monoisotopic (exact) mass is 291 g/mol. The second kappa shape index (κ2) is 6.72. The number of piperidine rings is 1. The summed E-state index contributed by atoms with van der Waals surface area (Å²) in [7, 11) is 0. The van der Waals surface area contributed by atoms with Gasteiger partial charge in [-0.3, -0.25) is 9.88 Å². The Kier molecular flexibility index (Phi) is 4.50. The third kappa shape index (κ3) is 3.18. The zero-order chi connectivity index (χ0) is 15.4. The molecular formula is C19H21N3. The number of likely N-dealkylation sites (tertiary alicyclic amines) is 1. The lowest BCUT2D eigenvalue weighted by Gasteiger charge is -2.32. The van der Waals surface area contributed by atoms with E-state index in [4.69, 9.17) is 5.26 Å². The predicted octanol–water partition coefficient (Wildman–Crippen LogP) is 4.17. The van der Waals surface area contributed by atoms with E-state index in [0.717, 1.165) is 11.3 Å². The molecule has 1 aromatic heterocycles. The van der Waals surface area contributed by atoms with Gasteiger partial charge in [-0.1, -0.05) is 30.7 Å². The van der Waals surface area contributed by atoms with Crippen LogP contribution < -0.4 is 0 Å². The Morgan fingerprint density at radius 1 is 1.05 bits per heavy atom. The molecule has 1 saturated heterocycles. The van der Waals surface area contributed by atoms with E-state index in [0.29, 0.717) is 11.6 Å². The summed E-state index contributed by atoms with van der Waals surface area (Å²) in [5.74, 6) is 0. The fourth-order valence-electron chi connectivity index (χ4n) is 3.08. The van der Waals surface area contributed by atoms with Crippen molar-refractivity contribution in [2.45, 2.75) is 32.2 Å². The number of nitrogens with zero attached hydrogens (tertiary/aromatic N) is 3. The van der Waals surface area contributed by atoms with Crippen molar-refractivity contribution >= 4 is 0 Å². The maximum Gasteiger partial charge on any atom is 0.101 e. The van der Waals surface area contributed by atoms with Crippen LogP contribution in [0.5, 0.6) is 0 Å². The van der Waals surface area contributed by atoms with Crippen LogP contribution in [0.25, 0.3) is 11.3 Å². The van der Waals surface area contributed by atoms with E-state index in [9.17, 15) is 0 Å². The van der Waals surface area contributed by atoms with E-state index < -0.39 is 0 Å². The lowest BCUT2D eigenvalue weighted by Crippen LogP contribution is -2.32. The SMILES string of the molecule is C[C@H](c1ccc(-c2ccc(C#N)cn2)cc1)N1CCCCC1. The van der Waals surface area contributed by atoms with Gasteiger partial charge in [0.1, 0.15) is 6.07 Å². The Bertz CT molecular complexity index is 647. The first kappa shape index (κ1) is 14.7. The Hall–Kier alpha value is -2.18. The molecule has 2 aromatic rings. The highest BCUT2D eigenvalue weighted by Gasteiger charge is 2.17. The number of aromatic nitrogens is 1. The highest BCUT2D eigenvalue weighted by Crippen LogP contribution is 2.26. The number of benzene rings is 1. The van der Waals surface area contributed by atoms with Gasteiger partial charge < -0.3 is 0 Å². The summed E-state index contributed by atoms with van der Waals surface area (Å²) < 4.78 is 0. The standard InChI is InChI=1S/C19H21N3/c1-15(22-11-3-2-4-12-22)17-6-8-18(9-7-17)19-10-5-16(13-20)14-21-19/h5-10,14-15H,2-4,11-12H2,1H3/t15-/m1/s1. The fraction of sp³-hybridized carbons (Fsp3) is 0.368. The Morgan fingerprint density at radius 3 is 2.36 bits per heavy atom. The molecule has 0 radical (unpaired) electrons. The molecule has 0 aliphatic carbocycles. The first-order valence-corrected chi connectivity index (χ1v) is 7.98. The smallest absolute Gasteiger partial charge is 0.101 e. The Balaban J connectivity index is 1.75. The molecule has 0 amide bonds. The van der Waals surface area contributed by atoms with E-state index in [-0.39, 0.29) is 0 Å². The van der Waals surface area contributed by atoms with Crippen LogP contribution in [0.4, 0.5) is 0 Å². The van der Waals surface area contributed by atoms with Gasteiger partial charge >= 0.3 is 0 Å². The van der Waals surface area contributed by atoms with Gasteiger partial charge in [0.2, 0.25) is 0 Å². The number of nitriles is 1. The molecule has 2 heterocycles. The molecule has 22 heavy (non-hydrogen) atoms. The highest BCUT2D eigenvalue weighted by molar-refractivity contribution is 5.60. The maximum absolute atomic E-state index is 8.83. The van der Waals surface area contributed by atoms with Crippen LogP contribution in [0.2, 0.25) is 0 Å². The van der Waals surface area contributed by atoms with Crippen molar-refractivity contribution in [2.75, 3.05) is 13.1 Å². The molecule has 0 spiro atoms. The second-order valence-electron chi connectivity index (χ2n) is 5.94. The summed E-state index contributed by atoms with van der Waals surface area (Å²) in [6.45, 7) is 4.71. The van der Waals surface area contributed by atoms with Gasteiger partial charge in [0.15, 0.2) is 0 Å². The largest absolute Gasteiger partial charge is 0.297 e. The van der Waals surface area contributed by atoms with Crippen LogP contribution in [-0.4, -0.2) is 23.0 Å². The summed E-state index contributed by atoms with van der Waals surface area (Å²) >= 11 is 0. The predicted molar refractivity (Wildman–Crippen MR) is 88.2 cm³/mol. The van der Waals surface area contributed by atoms with Crippen LogP contribution in [0.1, 0.15) is 43.4 Å². The van der Waals surface area contributed by atoms with Gasteiger partial charge in [-0.2, -0.15) is 5.26 Å². The zero-order valence-corrected chi connectivity index (χ0v) is 13.0. The first-order valence-electron chi connectivity index (χ1n) is 7.98. The molecule has 1 fully saturated rings. The van der Waals surface area contributed by atoms with Crippen LogP contribution in [0, 0.1) is 11.3 Å². The maximum atomic E-state index is 8.83. The third-order valence-electron chi connectivity index (χ3n) is 4.52. The molecule has 1 aromatic carbocycles. The van der Waals surface area contributed by atoms with Gasteiger partial charge in [-0.15, -0.1) is 0 Å². The molecule has 1 aliphatic rings. The lowest BCUT2D eigenvalue weighted by atomic mass is 10.0. The van der Waals surface area contributed by atoms with E-state index in [2.05, 4.69) is 47.1 Å². The second-order valence-corrected chi connectivity index (χ2v) is 5.94. The fourth-order valence-corrected chi connectivity index (χ4v) is 3.08. The van der Waals surface area contributed by atoms with Gasteiger partial charge in [0, 0.05) is 17.8 Å². The van der Waals surface area contributed by atoms with E-state index >= 15 is 0 Å². The van der Waals surface area contributed by atoms with Crippen molar-refractivity contribution in [3.63, 3.8) is 0 Å². The molecular weight excluding hydrogens is 270 g/mol. The minimum atomic E-state index is 0.475. The number of pyridine rings is 1. The summed E-state index contributed by atoms with van der Waals surface area (Å²) in [5.41, 5.74) is 3.97. The third-order valence-corrected chi connectivity index (χ3v) is 4.52. The van der Waals surface area contributed by atoms with Crippen LogP contribution in [-0.2, 0) is 0 Å². The van der Waals surface area contributed by atoms with Gasteiger partial charge in [-0.05, 0) is 50.6 Å². The summed E-state index contributed by atoms with van der Waals surface area (Å²) in [4.78, 5) is 6.92. The summed E-state index contributed by atoms with van der Waals surface area (Å²) in [5, 5.41) is 8.83. The van der Waals surface area contributed by atoms with Gasteiger partial charge in [0.25, 0.3) is 0 Å². The first-order chi connectivity index (χ1) is 10.8. The molecule has 0 bridgehead atoms. The highest BCUT2D eigenvalue weighted by atomic mass is 15.2. The molecule has 1 aliphatic heterocycles. The molecule has 3 nitrogen and oxygen atoms in total. The average molecular weight is 291 g/mol. The van der Waals surface area contributed by atoms with Crippen LogP contribution in [0.3, 0.4) is 0 Å². The Labute approximate surface area is 132 Å². The summed E-state index contributed by atoms with van der Waals surface area (Å²) in [6.07, 6.45) is 5.63. The van der Waals surface area contributed by atoms with Crippen molar-refractivity contribution in [1.29, 1.82) is 5.26 Å². The minimum absolute atomic E-state index is 0.475. The molecule has 0 unspecified atom stereocenters. The molecule has 1 atom stereocenters. The lowest BCUT2D eigenvalue weighted by molar-refractivity contribution is 0.175. The van der Waals surface area contributed by atoms with E-state index in [1.165, 1.54) is 37.9 Å². The van der Waals surface area contributed by atoms with Crippen molar-refractivity contribution in [3.05, 3.63) is 53.7 Å². The van der Waals surface area contributed by atoms with Crippen molar-refractivity contribution in [3.8, 4) is 17.3 Å². The van der Waals surface area contributed by atoms with Crippen molar-refractivity contribution in [1.82, 2.24) is 9.88 Å². The molecule has 112 valence electrons. The van der Waals surface area contributed by atoms with Crippen LogP contribution in [0.15, 0.2) is 42.6 Å². The van der Waals surface area contributed by atoms with Crippen molar-refractivity contribution in [2.24, 2.45) is 0 Å². The summed E-state index contributed by atoms with van der Waals surface area (Å²) in [6, 6.07) is 15.0. The topological polar surface area (TPSA) is 39.9 Å². The molecule has 3 rings (SSSR count). The molecule has 0 N–H and O–H groups in total.